The van der Waals surface area contributed by atoms with Gasteiger partial charge in [-0.15, -0.1) is 0 Å². The molecule has 0 amide bonds. The molecule has 0 saturated heterocycles. The largest absolute Gasteiger partial charge is 0.493 e. The third kappa shape index (κ3) is 2.62. The van der Waals surface area contributed by atoms with E-state index in [0.717, 1.165) is 0 Å². The fourth-order valence-electron chi connectivity index (χ4n) is 1.92. The van der Waals surface area contributed by atoms with E-state index in [1.807, 2.05) is 0 Å². The molecule has 2 aromatic rings. The molecule has 0 spiro atoms. The normalized spacial score (nSPS) is 10.3. The zero-order valence-electron chi connectivity index (χ0n) is 12.1. The molecule has 0 saturated carbocycles. The molecule has 7 heteroatoms. The Kier molecular flexibility index (Phi) is 4.02. The van der Waals surface area contributed by atoms with Gasteiger partial charge in [0.2, 0.25) is 11.6 Å². The highest BCUT2D eigenvalue weighted by Gasteiger charge is 2.20. The van der Waals surface area contributed by atoms with Gasteiger partial charge in [0.05, 0.1) is 21.3 Å². The molecule has 0 aliphatic heterocycles. The lowest BCUT2D eigenvalue weighted by Gasteiger charge is -2.12. The van der Waals surface area contributed by atoms with Crippen molar-refractivity contribution in [2.45, 2.75) is 6.92 Å². The molecule has 2 rings (SSSR count). The van der Waals surface area contributed by atoms with Crippen molar-refractivity contribution >= 4 is 5.97 Å². The first kappa shape index (κ1) is 14.7. The van der Waals surface area contributed by atoms with E-state index in [0.29, 0.717) is 22.8 Å². The lowest BCUT2D eigenvalue weighted by molar-refractivity contribution is 0.0689. The Morgan fingerprint density at radius 2 is 1.71 bits per heavy atom. The van der Waals surface area contributed by atoms with Gasteiger partial charge in [0.1, 0.15) is 5.76 Å². The minimum atomic E-state index is -1.14. The van der Waals surface area contributed by atoms with Crippen molar-refractivity contribution in [3.8, 4) is 28.7 Å². The first-order valence-electron chi connectivity index (χ1n) is 6.03. The van der Waals surface area contributed by atoms with Crippen molar-refractivity contribution in [1.82, 2.24) is 4.98 Å². The molecule has 0 radical (unpaired) electrons. The van der Waals surface area contributed by atoms with Crippen molar-refractivity contribution in [2.75, 3.05) is 21.3 Å². The molecule has 1 heterocycles. The number of carboxylic acid groups (broad SMARTS) is 1. The van der Waals surface area contributed by atoms with E-state index in [2.05, 4.69) is 4.98 Å². The number of nitrogens with zero attached hydrogens (tertiary/aromatic N) is 1. The van der Waals surface area contributed by atoms with Crippen LogP contribution in [0.4, 0.5) is 0 Å². The maximum atomic E-state index is 11.0. The molecule has 1 aromatic heterocycles. The van der Waals surface area contributed by atoms with Crippen molar-refractivity contribution < 1.29 is 28.5 Å². The van der Waals surface area contributed by atoms with Gasteiger partial charge in [-0.1, -0.05) is 0 Å². The van der Waals surface area contributed by atoms with E-state index in [1.165, 1.54) is 28.3 Å². The first-order valence-corrected chi connectivity index (χ1v) is 6.03. The number of aromatic carboxylic acids is 1. The summed E-state index contributed by atoms with van der Waals surface area (Å²) in [4.78, 5) is 15.0. The van der Waals surface area contributed by atoms with Gasteiger partial charge in [0, 0.05) is 5.56 Å². The zero-order chi connectivity index (χ0) is 15.6. The standard InChI is InChI=1S/C14H15NO6/c1-7-11(14(16)17)15-13(21-7)8-5-9(18-2)12(20-4)10(6-8)19-3/h5-6H,1-4H3,(H,16,17). The minimum Gasteiger partial charge on any atom is -0.493 e. The van der Waals surface area contributed by atoms with Crippen LogP contribution in [-0.4, -0.2) is 37.4 Å². The van der Waals surface area contributed by atoms with Gasteiger partial charge in [-0.3, -0.25) is 0 Å². The maximum Gasteiger partial charge on any atom is 0.358 e. The van der Waals surface area contributed by atoms with E-state index < -0.39 is 5.97 Å². The highest BCUT2D eigenvalue weighted by molar-refractivity contribution is 5.87. The third-order valence-corrected chi connectivity index (χ3v) is 2.91. The minimum absolute atomic E-state index is 0.126. The molecular weight excluding hydrogens is 278 g/mol. The van der Waals surface area contributed by atoms with E-state index >= 15 is 0 Å². The number of ether oxygens (including phenoxy) is 3. The lowest BCUT2D eigenvalue weighted by atomic mass is 10.2. The van der Waals surface area contributed by atoms with Crippen LogP contribution in [0.25, 0.3) is 11.5 Å². The third-order valence-electron chi connectivity index (χ3n) is 2.91. The number of aryl methyl sites for hydroxylation is 1. The van der Waals surface area contributed by atoms with Crippen LogP contribution in [0.2, 0.25) is 0 Å². The van der Waals surface area contributed by atoms with Gasteiger partial charge >= 0.3 is 5.97 Å². The Morgan fingerprint density at radius 1 is 1.14 bits per heavy atom. The monoisotopic (exact) mass is 293 g/mol. The summed E-state index contributed by atoms with van der Waals surface area (Å²) in [6.07, 6.45) is 0. The Morgan fingerprint density at radius 3 is 2.10 bits per heavy atom. The zero-order valence-corrected chi connectivity index (χ0v) is 12.1. The quantitative estimate of drug-likeness (QED) is 0.904. The SMILES string of the molecule is COc1cc(-c2nc(C(=O)O)c(C)o2)cc(OC)c1OC. The smallest absolute Gasteiger partial charge is 0.358 e. The topological polar surface area (TPSA) is 91.0 Å². The van der Waals surface area contributed by atoms with Crippen LogP contribution in [0.15, 0.2) is 16.5 Å². The van der Waals surface area contributed by atoms with Gasteiger partial charge in [-0.2, -0.15) is 0 Å². The molecule has 112 valence electrons. The summed E-state index contributed by atoms with van der Waals surface area (Å²) in [5.74, 6) is 0.551. The van der Waals surface area contributed by atoms with Gasteiger partial charge in [0.15, 0.2) is 17.2 Å². The number of aromatic nitrogens is 1. The summed E-state index contributed by atoms with van der Waals surface area (Å²) in [7, 11) is 4.48. The summed E-state index contributed by atoms with van der Waals surface area (Å²) in [6.45, 7) is 1.54. The van der Waals surface area contributed by atoms with Crippen LogP contribution >= 0.6 is 0 Å². The van der Waals surface area contributed by atoms with Gasteiger partial charge in [-0.05, 0) is 19.1 Å². The summed E-state index contributed by atoms with van der Waals surface area (Å²) in [6, 6.07) is 3.27. The molecule has 7 nitrogen and oxygen atoms in total. The second-order valence-electron chi connectivity index (χ2n) is 4.14. The Hall–Kier alpha value is -2.70. The molecule has 0 aliphatic carbocycles. The number of benzene rings is 1. The fraction of sp³-hybridized carbons (Fsp3) is 0.286. The second-order valence-corrected chi connectivity index (χ2v) is 4.14. The van der Waals surface area contributed by atoms with Crippen LogP contribution in [0.3, 0.4) is 0 Å². The summed E-state index contributed by atoms with van der Waals surface area (Å²) < 4.78 is 21.1. The van der Waals surface area contributed by atoms with Crippen molar-refractivity contribution in [3.05, 3.63) is 23.6 Å². The molecule has 0 unspecified atom stereocenters. The van der Waals surface area contributed by atoms with E-state index in [4.69, 9.17) is 23.7 Å². The van der Waals surface area contributed by atoms with Crippen molar-refractivity contribution in [3.63, 3.8) is 0 Å². The van der Waals surface area contributed by atoms with Crippen LogP contribution < -0.4 is 14.2 Å². The number of hydrogen-bond acceptors (Lipinski definition) is 6. The van der Waals surface area contributed by atoms with Gasteiger partial charge < -0.3 is 23.7 Å². The van der Waals surface area contributed by atoms with E-state index in [9.17, 15) is 4.79 Å². The fourth-order valence-corrected chi connectivity index (χ4v) is 1.92. The molecule has 0 aliphatic rings. The van der Waals surface area contributed by atoms with E-state index in [1.54, 1.807) is 12.1 Å². The van der Waals surface area contributed by atoms with Crippen LogP contribution in [0, 0.1) is 6.92 Å². The number of hydrogen-bond donors (Lipinski definition) is 1. The number of oxazole rings is 1. The predicted octanol–water partition coefficient (Wildman–Crippen LogP) is 2.37. The van der Waals surface area contributed by atoms with Crippen LogP contribution in [0.1, 0.15) is 16.2 Å². The molecule has 21 heavy (non-hydrogen) atoms. The van der Waals surface area contributed by atoms with Crippen molar-refractivity contribution in [2.24, 2.45) is 0 Å². The summed E-state index contributed by atoms with van der Waals surface area (Å²) in [5, 5.41) is 9.02. The molecular formula is C14H15NO6. The Bertz CT molecular complexity index is 651. The average molecular weight is 293 g/mol. The lowest BCUT2D eigenvalue weighted by Crippen LogP contribution is -1.98. The molecule has 0 fully saturated rings. The van der Waals surface area contributed by atoms with Crippen molar-refractivity contribution in [1.29, 1.82) is 0 Å². The molecule has 1 aromatic carbocycles. The van der Waals surface area contributed by atoms with Crippen LogP contribution in [0.5, 0.6) is 17.2 Å². The first-order chi connectivity index (χ1) is 10.0. The number of methoxy groups -OCH3 is 3. The highest BCUT2D eigenvalue weighted by Crippen LogP contribution is 2.41. The van der Waals surface area contributed by atoms with Gasteiger partial charge in [-0.25, -0.2) is 9.78 Å². The number of rotatable bonds is 5. The van der Waals surface area contributed by atoms with Gasteiger partial charge in [0.25, 0.3) is 0 Å². The molecule has 0 atom stereocenters. The second kappa shape index (κ2) is 5.74. The van der Waals surface area contributed by atoms with E-state index in [-0.39, 0.29) is 17.3 Å². The Labute approximate surface area is 121 Å². The van der Waals surface area contributed by atoms with Crippen LogP contribution in [-0.2, 0) is 0 Å². The summed E-state index contributed by atoms with van der Waals surface area (Å²) >= 11 is 0. The number of carboxylic acids is 1. The molecule has 0 bridgehead atoms. The predicted molar refractivity (Wildman–Crippen MR) is 73.3 cm³/mol. The summed E-state index contributed by atoms with van der Waals surface area (Å²) in [5.41, 5.74) is 0.402. The average Bonchev–Trinajstić information content (AvgIpc) is 2.87. The Balaban J connectivity index is 2.59. The maximum absolute atomic E-state index is 11.0. The highest BCUT2D eigenvalue weighted by atomic mass is 16.5. The number of carbonyl (C=O) groups is 1. The molecule has 1 N–H and O–H groups in total.